The lowest BCUT2D eigenvalue weighted by atomic mass is 10.00. The number of hydrogen-bond acceptors (Lipinski definition) is 10. The molecular weight excluding hydrogens is 785 g/mol. The fourth-order valence-corrected chi connectivity index (χ4v) is 7.79. The minimum absolute atomic E-state index is 0.00593. The third-order valence-electron chi connectivity index (χ3n) is 11.9. The van der Waals surface area contributed by atoms with Gasteiger partial charge in [0, 0.05) is 58.4 Å². The van der Waals surface area contributed by atoms with E-state index in [9.17, 15) is 14.4 Å². The fraction of sp³-hybridized carbons (Fsp3) is 0.863. The molecular formula is C51H92N2O9. The van der Waals surface area contributed by atoms with Gasteiger partial charge in [0.05, 0.1) is 18.4 Å². The summed E-state index contributed by atoms with van der Waals surface area (Å²) in [5.74, 6) is -1.15. The van der Waals surface area contributed by atoms with Crippen LogP contribution in [0.2, 0.25) is 0 Å². The Bertz CT molecular complexity index is 1120. The Hall–Kier alpha value is -2.47. The zero-order chi connectivity index (χ0) is 44.6. The van der Waals surface area contributed by atoms with Gasteiger partial charge in [-0.25, -0.2) is 4.79 Å². The second kappa shape index (κ2) is 40.1. The monoisotopic (exact) mass is 877 g/mol. The van der Waals surface area contributed by atoms with E-state index >= 15 is 0 Å². The Morgan fingerprint density at radius 2 is 1.08 bits per heavy atom. The number of nitrogens with zero attached hydrogens (tertiary/aromatic N) is 1. The van der Waals surface area contributed by atoms with E-state index in [1.54, 1.807) is 0 Å². The first kappa shape index (κ1) is 55.7. The third kappa shape index (κ3) is 31.4. The Labute approximate surface area is 378 Å². The molecule has 2 saturated heterocycles. The molecule has 1 unspecified atom stereocenters. The maximum absolute atomic E-state index is 13.0. The van der Waals surface area contributed by atoms with E-state index in [1.807, 2.05) is 0 Å². The molecule has 0 bridgehead atoms. The maximum atomic E-state index is 13.0. The third-order valence-corrected chi connectivity index (χ3v) is 11.9. The molecule has 11 nitrogen and oxygen atoms in total. The maximum Gasteiger partial charge on any atom is 0.407 e. The number of carbonyl (C=O) groups is 3. The van der Waals surface area contributed by atoms with Crippen molar-refractivity contribution >= 4 is 18.0 Å². The van der Waals surface area contributed by atoms with Gasteiger partial charge >= 0.3 is 18.0 Å². The number of esters is 2. The Morgan fingerprint density at radius 1 is 0.597 bits per heavy atom. The Balaban J connectivity index is 1.76. The number of allylic oxidation sites excluding steroid dienone is 4. The number of amides is 1. The summed E-state index contributed by atoms with van der Waals surface area (Å²) in [6, 6.07) is 0.535. The number of hydrogen-bond donors (Lipinski definition) is 1. The molecule has 0 saturated carbocycles. The second-order valence-corrected chi connectivity index (χ2v) is 17.7. The molecule has 62 heavy (non-hydrogen) atoms. The van der Waals surface area contributed by atoms with E-state index in [2.05, 4.69) is 55.3 Å². The molecule has 11 heteroatoms. The molecule has 2 rings (SSSR count). The average Bonchev–Trinajstić information content (AvgIpc) is 3.26. The van der Waals surface area contributed by atoms with Crippen LogP contribution in [0.1, 0.15) is 201 Å². The second-order valence-electron chi connectivity index (χ2n) is 17.7. The average molecular weight is 877 g/mol. The normalized spacial score (nSPS) is 15.7. The molecule has 1 atom stereocenters. The van der Waals surface area contributed by atoms with Crippen molar-refractivity contribution in [3.05, 3.63) is 24.3 Å². The van der Waals surface area contributed by atoms with Crippen molar-refractivity contribution in [3.8, 4) is 0 Å². The highest BCUT2D eigenvalue weighted by Gasteiger charge is 2.34. The van der Waals surface area contributed by atoms with Crippen molar-refractivity contribution in [2.75, 3.05) is 59.3 Å². The summed E-state index contributed by atoms with van der Waals surface area (Å²) in [6.07, 6.45) is 37.4. The topological polar surface area (TPSA) is 122 Å². The standard InChI is InChI=1S/C51H92N2O9/c1-4-7-10-13-16-17-18-19-20-21-22-23-24-25-28-31-48(54)60-42-45(44-62-51(56)52-46-40-53(41-46)47-34-38-57-39-35-47)43-61-49(55)32-33-50(58-36-29-26-14-11-8-5-2)59-37-30-27-15-12-9-6-3/h16-17,19-20,45-47,50H,4-15,18,21-44H2,1-3H3,(H,52,56)/b17-16-,20-19-. The molecule has 0 aromatic rings. The number of unbranched alkanes of at least 4 members (excludes halogenated alkanes) is 18. The minimum Gasteiger partial charge on any atom is -0.465 e. The van der Waals surface area contributed by atoms with Crippen LogP contribution < -0.4 is 5.32 Å². The molecule has 360 valence electrons. The highest BCUT2D eigenvalue weighted by molar-refractivity contribution is 5.70. The van der Waals surface area contributed by atoms with Crippen LogP contribution in [0.5, 0.6) is 0 Å². The van der Waals surface area contributed by atoms with Crippen LogP contribution in [0.4, 0.5) is 4.79 Å². The first-order valence-electron chi connectivity index (χ1n) is 25.5. The van der Waals surface area contributed by atoms with Crippen molar-refractivity contribution in [1.29, 1.82) is 0 Å². The minimum atomic E-state index is -0.512. The largest absolute Gasteiger partial charge is 0.465 e. The summed E-state index contributed by atoms with van der Waals surface area (Å²) < 4.78 is 34.6. The van der Waals surface area contributed by atoms with Crippen LogP contribution in [-0.2, 0) is 38.0 Å². The lowest BCUT2D eigenvalue weighted by Crippen LogP contribution is -2.62. The zero-order valence-corrected chi connectivity index (χ0v) is 39.9. The van der Waals surface area contributed by atoms with Gasteiger partial charge in [0.1, 0.15) is 19.8 Å². The lowest BCUT2D eigenvalue weighted by molar-refractivity contribution is -0.161. The van der Waals surface area contributed by atoms with Crippen molar-refractivity contribution in [2.24, 2.45) is 5.92 Å². The summed E-state index contributed by atoms with van der Waals surface area (Å²) in [6.45, 7) is 11.0. The van der Waals surface area contributed by atoms with Crippen molar-refractivity contribution in [2.45, 2.75) is 219 Å². The van der Waals surface area contributed by atoms with Crippen LogP contribution >= 0.6 is 0 Å². The molecule has 0 aliphatic carbocycles. The molecule has 0 aromatic carbocycles. The smallest absolute Gasteiger partial charge is 0.407 e. The first-order valence-corrected chi connectivity index (χ1v) is 25.5. The van der Waals surface area contributed by atoms with Gasteiger partial charge in [-0.1, -0.05) is 141 Å². The molecule has 2 heterocycles. The SMILES string of the molecule is CCCCC/C=C\C/C=C\CCCCCCCC(=O)OCC(COC(=O)CCC(OCCCCCCCC)OCCCCCCCC)COC(=O)NC1CN(C2CCOCC2)C1. The lowest BCUT2D eigenvalue weighted by Gasteiger charge is -2.45. The quantitative estimate of drug-likeness (QED) is 0.0209. The molecule has 0 radical (unpaired) electrons. The highest BCUT2D eigenvalue weighted by atomic mass is 16.7. The van der Waals surface area contributed by atoms with Crippen molar-refractivity contribution < 1.29 is 42.8 Å². The Morgan fingerprint density at radius 3 is 1.68 bits per heavy atom. The summed E-state index contributed by atoms with van der Waals surface area (Å²) in [7, 11) is 0. The summed E-state index contributed by atoms with van der Waals surface area (Å²) >= 11 is 0. The van der Waals surface area contributed by atoms with Gasteiger partial charge in [-0.15, -0.1) is 0 Å². The molecule has 0 spiro atoms. The first-order chi connectivity index (χ1) is 30.4. The van der Waals surface area contributed by atoms with Gasteiger partial charge in [-0.2, -0.15) is 0 Å². The summed E-state index contributed by atoms with van der Waals surface area (Å²) in [5, 5.41) is 2.96. The Kier molecular flexibility index (Phi) is 36.0. The molecule has 1 N–H and O–H groups in total. The number of nitrogens with one attached hydrogen (secondary N) is 1. The zero-order valence-electron chi connectivity index (χ0n) is 39.9. The van der Waals surface area contributed by atoms with E-state index in [0.717, 1.165) is 110 Å². The van der Waals surface area contributed by atoms with Crippen LogP contribution in [0.25, 0.3) is 0 Å². The van der Waals surface area contributed by atoms with Crippen LogP contribution in [0.3, 0.4) is 0 Å². The highest BCUT2D eigenvalue weighted by Crippen LogP contribution is 2.21. The van der Waals surface area contributed by atoms with E-state index < -0.39 is 18.3 Å². The molecule has 1 amide bonds. The van der Waals surface area contributed by atoms with E-state index in [4.69, 9.17) is 28.4 Å². The summed E-state index contributed by atoms with van der Waals surface area (Å²) in [4.78, 5) is 40.9. The number of alkyl carbamates (subject to hydrolysis) is 1. The number of likely N-dealkylation sites (tertiary alicyclic amines) is 1. The van der Waals surface area contributed by atoms with Gasteiger partial charge in [0.2, 0.25) is 0 Å². The van der Waals surface area contributed by atoms with Gasteiger partial charge in [-0.3, -0.25) is 14.5 Å². The molecule has 2 aliphatic heterocycles. The van der Waals surface area contributed by atoms with Gasteiger partial charge in [-0.05, 0) is 64.2 Å². The summed E-state index contributed by atoms with van der Waals surface area (Å²) in [5.41, 5.74) is 0. The molecule has 2 aliphatic rings. The predicted molar refractivity (Wildman–Crippen MR) is 250 cm³/mol. The van der Waals surface area contributed by atoms with Crippen molar-refractivity contribution in [1.82, 2.24) is 10.2 Å². The number of rotatable bonds is 41. The van der Waals surface area contributed by atoms with Gasteiger partial charge < -0.3 is 33.7 Å². The predicted octanol–water partition coefficient (Wildman–Crippen LogP) is 12.0. The fourth-order valence-electron chi connectivity index (χ4n) is 7.79. The van der Waals surface area contributed by atoms with E-state index in [0.29, 0.717) is 32.1 Å². The van der Waals surface area contributed by atoms with Crippen LogP contribution in [-0.4, -0.2) is 101 Å². The molecule has 0 aromatic heterocycles. The van der Waals surface area contributed by atoms with Crippen molar-refractivity contribution in [3.63, 3.8) is 0 Å². The van der Waals surface area contributed by atoms with Gasteiger partial charge in [0.15, 0.2) is 6.29 Å². The molecule has 2 fully saturated rings. The number of carbonyl (C=O) groups excluding carboxylic acids is 3. The number of ether oxygens (including phenoxy) is 6. The van der Waals surface area contributed by atoms with Crippen LogP contribution in [0.15, 0.2) is 24.3 Å². The van der Waals surface area contributed by atoms with E-state index in [1.165, 1.54) is 77.0 Å². The van der Waals surface area contributed by atoms with Crippen LogP contribution in [0, 0.1) is 5.92 Å². The van der Waals surface area contributed by atoms with Gasteiger partial charge in [0.25, 0.3) is 0 Å². The van der Waals surface area contributed by atoms with E-state index in [-0.39, 0.29) is 44.2 Å².